The number of hydrogen-bond donors (Lipinski definition) is 1. The summed E-state index contributed by atoms with van der Waals surface area (Å²) in [7, 11) is 1.36. The molecule has 0 radical (unpaired) electrons. The second-order valence-electron chi connectivity index (χ2n) is 4.96. The fourth-order valence-electron chi connectivity index (χ4n) is 2.08. The zero-order valence-corrected chi connectivity index (χ0v) is 13.4. The zero-order chi connectivity index (χ0) is 15.8. The number of amides is 1. The number of nitrogens with one attached hydrogen (secondary N) is 1. The van der Waals surface area contributed by atoms with Crippen molar-refractivity contribution in [2.75, 3.05) is 13.7 Å². The molecule has 0 bridgehead atoms. The van der Waals surface area contributed by atoms with Gasteiger partial charge in [-0.1, -0.05) is 12.1 Å². The molecule has 0 unspecified atom stereocenters. The van der Waals surface area contributed by atoms with E-state index in [1.807, 2.05) is 18.2 Å². The molecule has 0 atom stereocenters. The van der Waals surface area contributed by atoms with Crippen molar-refractivity contribution in [3.05, 3.63) is 29.3 Å². The fraction of sp³-hybridized carbons (Fsp3) is 0.438. The molecule has 1 aromatic carbocycles. The number of fused-ring (bicyclic) bond motifs is 1. The Labute approximate surface area is 133 Å². The predicted octanol–water partition coefficient (Wildman–Crippen LogP) is 2.69. The van der Waals surface area contributed by atoms with Crippen molar-refractivity contribution in [1.29, 1.82) is 0 Å². The van der Waals surface area contributed by atoms with Crippen molar-refractivity contribution in [3.63, 3.8) is 0 Å². The van der Waals surface area contributed by atoms with Crippen LogP contribution in [-0.4, -0.2) is 30.5 Å². The van der Waals surface area contributed by atoms with E-state index in [1.54, 1.807) is 11.3 Å². The highest BCUT2D eigenvalue weighted by Crippen LogP contribution is 2.22. The quantitative estimate of drug-likeness (QED) is 0.600. The molecular formula is C16H20N2O3S. The Morgan fingerprint density at radius 3 is 2.82 bits per heavy atom. The molecule has 22 heavy (non-hydrogen) atoms. The van der Waals surface area contributed by atoms with Crippen molar-refractivity contribution in [1.82, 2.24) is 10.3 Å². The number of carbonyl (C=O) groups excluding carboxylic acids is 2. The third-order valence-electron chi connectivity index (χ3n) is 3.24. The first-order valence-corrected chi connectivity index (χ1v) is 8.18. The summed E-state index contributed by atoms with van der Waals surface area (Å²) < 4.78 is 5.72. The molecule has 1 N–H and O–H groups in total. The van der Waals surface area contributed by atoms with Crippen LogP contribution in [0.4, 0.5) is 0 Å². The summed E-state index contributed by atoms with van der Waals surface area (Å²) in [6.45, 7) is 0.509. The molecule has 2 rings (SSSR count). The minimum Gasteiger partial charge on any atom is -0.469 e. The van der Waals surface area contributed by atoms with Gasteiger partial charge >= 0.3 is 5.97 Å². The second kappa shape index (κ2) is 8.48. The van der Waals surface area contributed by atoms with E-state index < -0.39 is 0 Å². The van der Waals surface area contributed by atoms with E-state index in [0.717, 1.165) is 23.4 Å². The summed E-state index contributed by atoms with van der Waals surface area (Å²) in [5.74, 6) is -0.226. The van der Waals surface area contributed by atoms with Crippen LogP contribution in [0.15, 0.2) is 24.3 Å². The SMILES string of the molecule is COC(=O)CCCNC(=O)CCCc1nc2ccccc2s1. The highest BCUT2D eigenvalue weighted by molar-refractivity contribution is 7.18. The molecule has 6 heteroatoms. The standard InChI is InChI=1S/C16H20N2O3S/c1-21-16(20)10-5-11-17-14(19)8-4-9-15-18-12-6-2-3-7-13(12)22-15/h2-3,6-7H,4-5,8-11H2,1H3,(H,17,19). The molecule has 0 spiro atoms. The minimum absolute atomic E-state index is 0.0194. The largest absolute Gasteiger partial charge is 0.469 e. The minimum atomic E-state index is -0.245. The Kier molecular flexibility index (Phi) is 6.33. The van der Waals surface area contributed by atoms with Crippen molar-refractivity contribution in [3.8, 4) is 0 Å². The summed E-state index contributed by atoms with van der Waals surface area (Å²) in [6, 6.07) is 8.05. The topological polar surface area (TPSA) is 68.3 Å². The molecule has 0 aliphatic rings. The average Bonchev–Trinajstić information content (AvgIpc) is 2.94. The molecule has 1 heterocycles. The van der Waals surface area contributed by atoms with Gasteiger partial charge in [0, 0.05) is 19.4 Å². The number of ether oxygens (including phenoxy) is 1. The lowest BCUT2D eigenvalue weighted by molar-refractivity contribution is -0.140. The third-order valence-corrected chi connectivity index (χ3v) is 4.34. The van der Waals surface area contributed by atoms with Gasteiger partial charge in [0.15, 0.2) is 0 Å². The Morgan fingerprint density at radius 2 is 2.05 bits per heavy atom. The lowest BCUT2D eigenvalue weighted by Gasteiger charge is -2.04. The van der Waals surface area contributed by atoms with Crippen LogP contribution in [0.2, 0.25) is 0 Å². The fourth-order valence-corrected chi connectivity index (χ4v) is 3.09. The molecule has 0 saturated carbocycles. The number of benzene rings is 1. The van der Waals surface area contributed by atoms with Crippen LogP contribution in [0.1, 0.15) is 30.7 Å². The van der Waals surface area contributed by atoms with Crippen LogP contribution in [0.3, 0.4) is 0 Å². The van der Waals surface area contributed by atoms with E-state index in [-0.39, 0.29) is 11.9 Å². The number of carbonyl (C=O) groups is 2. The molecule has 0 aliphatic carbocycles. The van der Waals surface area contributed by atoms with Crippen LogP contribution in [0.25, 0.3) is 10.2 Å². The Morgan fingerprint density at radius 1 is 1.23 bits per heavy atom. The van der Waals surface area contributed by atoms with Crippen LogP contribution < -0.4 is 5.32 Å². The molecule has 2 aromatic rings. The maximum Gasteiger partial charge on any atom is 0.305 e. The maximum atomic E-state index is 11.7. The lowest BCUT2D eigenvalue weighted by Crippen LogP contribution is -2.24. The number of para-hydroxylation sites is 1. The molecule has 5 nitrogen and oxygen atoms in total. The van der Waals surface area contributed by atoms with Gasteiger partial charge < -0.3 is 10.1 Å². The Hall–Kier alpha value is -1.95. The van der Waals surface area contributed by atoms with Gasteiger partial charge in [-0.15, -0.1) is 11.3 Å². The summed E-state index contributed by atoms with van der Waals surface area (Å²) in [5, 5.41) is 3.88. The molecule has 0 fully saturated rings. The number of thiazole rings is 1. The first-order chi connectivity index (χ1) is 10.7. The monoisotopic (exact) mass is 320 g/mol. The zero-order valence-electron chi connectivity index (χ0n) is 12.6. The van der Waals surface area contributed by atoms with Crippen LogP contribution in [0, 0.1) is 0 Å². The van der Waals surface area contributed by atoms with Gasteiger partial charge in [0.1, 0.15) is 0 Å². The number of aromatic nitrogens is 1. The first kappa shape index (κ1) is 16.4. The highest BCUT2D eigenvalue weighted by atomic mass is 32.1. The van der Waals surface area contributed by atoms with Crippen LogP contribution in [-0.2, 0) is 20.7 Å². The van der Waals surface area contributed by atoms with Crippen LogP contribution in [0.5, 0.6) is 0 Å². The van der Waals surface area contributed by atoms with Gasteiger partial charge in [-0.25, -0.2) is 4.98 Å². The Balaban J connectivity index is 1.63. The maximum absolute atomic E-state index is 11.7. The van der Waals surface area contributed by atoms with Gasteiger partial charge in [0.2, 0.25) is 5.91 Å². The molecule has 118 valence electrons. The molecule has 1 amide bonds. The van der Waals surface area contributed by atoms with Crippen molar-refractivity contribution in [2.24, 2.45) is 0 Å². The second-order valence-corrected chi connectivity index (χ2v) is 6.07. The number of nitrogens with zero attached hydrogens (tertiary/aromatic N) is 1. The molecule has 1 aromatic heterocycles. The van der Waals surface area contributed by atoms with Crippen molar-refractivity contribution in [2.45, 2.75) is 32.1 Å². The van der Waals surface area contributed by atoms with E-state index in [0.29, 0.717) is 25.8 Å². The third kappa shape index (κ3) is 5.11. The van der Waals surface area contributed by atoms with Crippen molar-refractivity contribution >= 4 is 33.4 Å². The van der Waals surface area contributed by atoms with Gasteiger partial charge in [-0.05, 0) is 31.4 Å². The van der Waals surface area contributed by atoms with Crippen molar-refractivity contribution < 1.29 is 14.3 Å². The summed E-state index contributed by atoms with van der Waals surface area (Å²) in [6.07, 6.45) is 3.02. The summed E-state index contributed by atoms with van der Waals surface area (Å²) in [5.41, 5.74) is 1.02. The Bertz CT molecular complexity index is 606. The van der Waals surface area contributed by atoms with Gasteiger partial charge in [-0.3, -0.25) is 9.59 Å². The first-order valence-electron chi connectivity index (χ1n) is 7.37. The number of rotatable bonds is 8. The van der Waals surface area contributed by atoms with Gasteiger partial charge in [0.05, 0.1) is 22.3 Å². The average molecular weight is 320 g/mol. The van der Waals surface area contributed by atoms with E-state index in [1.165, 1.54) is 11.8 Å². The number of hydrogen-bond acceptors (Lipinski definition) is 5. The smallest absolute Gasteiger partial charge is 0.305 e. The van der Waals surface area contributed by atoms with E-state index in [9.17, 15) is 9.59 Å². The molecule has 0 saturated heterocycles. The van der Waals surface area contributed by atoms with Gasteiger partial charge in [-0.2, -0.15) is 0 Å². The summed E-state index contributed by atoms with van der Waals surface area (Å²) >= 11 is 1.68. The summed E-state index contributed by atoms with van der Waals surface area (Å²) in [4.78, 5) is 27.1. The number of methoxy groups -OCH3 is 1. The normalized spacial score (nSPS) is 10.6. The van der Waals surface area contributed by atoms with Gasteiger partial charge in [0.25, 0.3) is 0 Å². The molecular weight excluding hydrogens is 300 g/mol. The highest BCUT2D eigenvalue weighted by Gasteiger charge is 2.06. The van der Waals surface area contributed by atoms with E-state index in [2.05, 4.69) is 21.1 Å². The number of esters is 1. The number of aryl methyl sites for hydroxylation is 1. The predicted molar refractivity (Wildman–Crippen MR) is 86.8 cm³/mol. The van der Waals surface area contributed by atoms with E-state index in [4.69, 9.17) is 0 Å². The molecule has 0 aliphatic heterocycles. The van der Waals surface area contributed by atoms with Crippen LogP contribution >= 0.6 is 11.3 Å². The lowest BCUT2D eigenvalue weighted by atomic mass is 10.2. The van der Waals surface area contributed by atoms with E-state index >= 15 is 0 Å².